The van der Waals surface area contributed by atoms with Gasteiger partial charge in [0.2, 0.25) is 0 Å². The van der Waals surface area contributed by atoms with E-state index in [9.17, 15) is 5.11 Å². The standard InChI is InChI=1S/C10H11N3O/c1-13-5-4-9(12-13)7-2-3-10(14)8(11)6-7/h2-6,14H,11H2,1H3. The summed E-state index contributed by atoms with van der Waals surface area (Å²) in [7, 11) is 1.85. The summed E-state index contributed by atoms with van der Waals surface area (Å²) in [6.45, 7) is 0. The summed E-state index contributed by atoms with van der Waals surface area (Å²) in [5.74, 6) is 0.102. The van der Waals surface area contributed by atoms with Crippen LogP contribution in [0, 0.1) is 0 Å². The van der Waals surface area contributed by atoms with Crippen molar-refractivity contribution < 1.29 is 5.11 Å². The zero-order valence-electron chi connectivity index (χ0n) is 7.81. The van der Waals surface area contributed by atoms with Crippen molar-refractivity contribution in [3.63, 3.8) is 0 Å². The van der Waals surface area contributed by atoms with Crippen molar-refractivity contribution in [2.45, 2.75) is 0 Å². The van der Waals surface area contributed by atoms with E-state index in [4.69, 9.17) is 5.73 Å². The van der Waals surface area contributed by atoms with Crippen molar-refractivity contribution in [3.05, 3.63) is 30.5 Å². The van der Waals surface area contributed by atoms with Crippen LogP contribution in [0.4, 0.5) is 5.69 Å². The average molecular weight is 189 g/mol. The van der Waals surface area contributed by atoms with Gasteiger partial charge in [-0.1, -0.05) is 0 Å². The Kier molecular flexibility index (Phi) is 1.89. The zero-order chi connectivity index (χ0) is 10.1. The van der Waals surface area contributed by atoms with Gasteiger partial charge >= 0.3 is 0 Å². The van der Waals surface area contributed by atoms with Gasteiger partial charge in [0.25, 0.3) is 0 Å². The van der Waals surface area contributed by atoms with Crippen LogP contribution in [0.5, 0.6) is 5.75 Å². The number of hydrogen-bond donors (Lipinski definition) is 2. The van der Waals surface area contributed by atoms with E-state index in [1.165, 1.54) is 0 Å². The molecule has 2 rings (SSSR count). The predicted molar refractivity (Wildman–Crippen MR) is 54.7 cm³/mol. The summed E-state index contributed by atoms with van der Waals surface area (Å²) in [6, 6.07) is 6.96. The zero-order valence-corrected chi connectivity index (χ0v) is 7.81. The van der Waals surface area contributed by atoms with E-state index in [2.05, 4.69) is 5.10 Å². The Hall–Kier alpha value is -1.97. The van der Waals surface area contributed by atoms with Gasteiger partial charge in [0.05, 0.1) is 11.4 Å². The molecule has 0 saturated carbocycles. The van der Waals surface area contributed by atoms with Gasteiger partial charge < -0.3 is 10.8 Å². The van der Waals surface area contributed by atoms with Crippen molar-refractivity contribution in [1.29, 1.82) is 0 Å². The van der Waals surface area contributed by atoms with Gasteiger partial charge in [0, 0.05) is 18.8 Å². The highest BCUT2D eigenvalue weighted by Gasteiger charge is 2.03. The maximum atomic E-state index is 9.25. The maximum Gasteiger partial charge on any atom is 0.138 e. The summed E-state index contributed by atoms with van der Waals surface area (Å²) < 4.78 is 1.72. The summed E-state index contributed by atoms with van der Waals surface area (Å²) in [4.78, 5) is 0. The lowest BCUT2D eigenvalue weighted by molar-refractivity contribution is 0.478. The van der Waals surface area contributed by atoms with Gasteiger partial charge in [-0.3, -0.25) is 4.68 Å². The van der Waals surface area contributed by atoms with Gasteiger partial charge in [-0.25, -0.2) is 0 Å². The molecule has 1 aromatic carbocycles. The first-order valence-electron chi connectivity index (χ1n) is 4.25. The molecule has 0 aliphatic heterocycles. The molecule has 0 radical (unpaired) electrons. The van der Waals surface area contributed by atoms with E-state index in [-0.39, 0.29) is 5.75 Å². The number of phenols is 1. The normalized spacial score (nSPS) is 10.4. The Bertz CT molecular complexity index is 462. The minimum Gasteiger partial charge on any atom is -0.506 e. The molecule has 0 unspecified atom stereocenters. The number of aryl methyl sites for hydroxylation is 1. The quantitative estimate of drug-likeness (QED) is 0.526. The second kappa shape index (κ2) is 3.06. The van der Waals surface area contributed by atoms with Crippen LogP contribution in [0.1, 0.15) is 0 Å². The van der Waals surface area contributed by atoms with Crippen LogP contribution in [-0.4, -0.2) is 14.9 Å². The molecule has 0 bridgehead atoms. The number of hydrogen-bond acceptors (Lipinski definition) is 3. The van der Waals surface area contributed by atoms with Crippen molar-refractivity contribution in [1.82, 2.24) is 9.78 Å². The van der Waals surface area contributed by atoms with Gasteiger partial charge in [-0.2, -0.15) is 5.10 Å². The van der Waals surface area contributed by atoms with E-state index >= 15 is 0 Å². The molecule has 72 valence electrons. The van der Waals surface area contributed by atoms with Crippen LogP contribution in [0.3, 0.4) is 0 Å². The van der Waals surface area contributed by atoms with Gasteiger partial charge in [0.1, 0.15) is 5.75 Å². The number of rotatable bonds is 1. The second-order valence-electron chi connectivity index (χ2n) is 3.15. The molecule has 0 saturated heterocycles. The third-order valence-corrected chi connectivity index (χ3v) is 2.04. The highest BCUT2D eigenvalue weighted by atomic mass is 16.3. The molecule has 2 aromatic rings. The van der Waals surface area contributed by atoms with Crippen LogP contribution < -0.4 is 5.73 Å². The summed E-state index contributed by atoms with van der Waals surface area (Å²) in [5.41, 5.74) is 7.70. The molecule has 4 nitrogen and oxygen atoms in total. The first kappa shape index (κ1) is 8.62. The largest absolute Gasteiger partial charge is 0.506 e. The number of aromatic hydroxyl groups is 1. The van der Waals surface area contributed by atoms with Crippen molar-refractivity contribution in [2.24, 2.45) is 7.05 Å². The molecular weight excluding hydrogens is 178 g/mol. The minimum atomic E-state index is 0.102. The number of nitrogens with zero attached hydrogens (tertiary/aromatic N) is 2. The van der Waals surface area contributed by atoms with Gasteiger partial charge in [0.15, 0.2) is 0 Å². The maximum absolute atomic E-state index is 9.25. The molecule has 0 fully saturated rings. The lowest BCUT2D eigenvalue weighted by Gasteiger charge is -2.00. The molecule has 0 amide bonds. The average Bonchev–Trinajstić information content (AvgIpc) is 2.57. The second-order valence-corrected chi connectivity index (χ2v) is 3.15. The molecule has 0 aliphatic rings. The van der Waals surface area contributed by atoms with Crippen LogP contribution in [0.15, 0.2) is 30.5 Å². The van der Waals surface area contributed by atoms with Crippen molar-refractivity contribution in [2.75, 3.05) is 5.73 Å². The Labute approximate surface area is 81.6 Å². The Morgan fingerprint density at radius 3 is 2.71 bits per heavy atom. The first-order chi connectivity index (χ1) is 6.66. The Morgan fingerprint density at radius 2 is 2.14 bits per heavy atom. The SMILES string of the molecule is Cn1ccc(-c2ccc(O)c(N)c2)n1. The van der Waals surface area contributed by atoms with Crippen LogP contribution in [0.2, 0.25) is 0 Å². The van der Waals surface area contributed by atoms with Gasteiger partial charge in [-0.15, -0.1) is 0 Å². The molecule has 1 aromatic heterocycles. The van der Waals surface area contributed by atoms with Crippen molar-refractivity contribution in [3.8, 4) is 17.0 Å². The summed E-state index contributed by atoms with van der Waals surface area (Å²) in [5, 5.41) is 13.5. The fourth-order valence-corrected chi connectivity index (χ4v) is 1.28. The monoisotopic (exact) mass is 189 g/mol. The number of aromatic nitrogens is 2. The molecule has 1 heterocycles. The highest BCUT2D eigenvalue weighted by molar-refractivity contribution is 5.67. The predicted octanol–water partition coefficient (Wildman–Crippen LogP) is 1.37. The van der Waals surface area contributed by atoms with Crippen LogP contribution in [0.25, 0.3) is 11.3 Å². The van der Waals surface area contributed by atoms with Crippen LogP contribution in [-0.2, 0) is 7.05 Å². The van der Waals surface area contributed by atoms with E-state index in [0.29, 0.717) is 5.69 Å². The van der Waals surface area contributed by atoms with Gasteiger partial charge in [-0.05, 0) is 24.3 Å². The summed E-state index contributed by atoms with van der Waals surface area (Å²) >= 11 is 0. The fourth-order valence-electron chi connectivity index (χ4n) is 1.28. The van der Waals surface area contributed by atoms with E-state index in [0.717, 1.165) is 11.3 Å². The highest BCUT2D eigenvalue weighted by Crippen LogP contribution is 2.26. The molecule has 0 atom stereocenters. The molecule has 3 N–H and O–H groups in total. The van der Waals surface area contributed by atoms with E-state index in [1.807, 2.05) is 19.3 Å². The Balaban J connectivity index is 2.47. The number of phenolic OH excluding ortho intramolecular Hbond substituents is 1. The number of nitrogens with two attached hydrogens (primary N) is 1. The van der Waals surface area contributed by atoms with E-state index < -0.39 is 0 Å². The first-order valence-corrected chi connectivity index (χ1v) is 4.25. The number of nitrogen functional groups attached to an aromatic ring is 1. The number of benzene rings is 1. The van der Waals surface area contributed by atoms with Crippen molar-refractivity contribution >= 4 is 5.69 Å². The molecule has 0 spiro atoms. The lowest BCUT2D eigenvalue weighted by atomic mass is 10.1. The Morgan fingerprint density at radius 1 is 1.36 bits per heavy atom. The molecule has 14 heavy (non-hydrogen) atoms. The summed E-state index contributed by atoms with van der Waals surface area (Å²) in [6.07, 6.45) is 1.86. The van der Waals surface area contributed by atoms with E-state index in [1.54, 1.807) is 22.9 Å². The topological polar surface area (TPSA) is 64.1 Å². The minimum absolute atomic E-state index is 0.102. The lowest BCUT2D eigenvalue weighted by Crippen LogP contribution is -1.89. The fraction of sp³-hybridized carbons (Fsp3) is 0.100. The third-order valence-electron chi connectivity index (χ3n) is 2.04. The van der Waals surface area contributed by atoms with Crippen LogP contribution >= 0.6 is 0 Å². The third kappa shape index (κ3) is 1.42. The molecule has 0 aliphatic carbocycles. The number of anilines is 1. The smallest absolute Gasteiger partial charge is 0.138 e. The molecule has 4 heteroatoms. The molecular formula is C10H11N3O.